The Kier molecular flexibility index (Phi) is 6.17. The number of nitrogens with zero attached hydrogens (tertiary/aromatic N) is 2. The number of hydrogen-bond donors (Lipinski definition) is 2. The van der Waals surface area contributed by atoms with E-state index in [4.69, 9.17) is 4.74 Å². The highest BCUT2D eigenvalue weighted by molar-refractivity contribution is 5.93. The third-order valence-electron chi connectivity index (χ3n) is 6.19. The van der Waals surface area contributed by atoms with Gasteiger partial charge in [0.05, 0.1) is 30.7 Å². The van der Waals surface area contributed by atoms with Crippen molar-refractivity contribution in [1.29, 1.82) is 0 Å². The average Bonchev–Trinajstić information content (AvgIpc) is 3.39. The summed E-state index contributed by atoms with van der Waals surface area (Å²) < 4.78 is 60.2. The van der Waals surface area contributed by atoms with Gasteiger partial charge in [-0.2, -0.15) is 0 Å². The lowest BCUT2D eigenvalue weighted by Crippen LogP contribution is -2.52. The molecule has 1 amide bonds. The second-order valence-electron chi connectivity index (χ2n) is 8.56. The van der Waals surface area contributed by atoms with Crippen LogP contribution in [0, 0.1) is 5.92 Å². The van der Waals surface area contributed by atoms with Crippen LogP contribution in [0.15, 0.2) is 41.5 Å². The van der Waals surface area contributed by atoms with Crippen molar-refractivity contribution in [2.45, 2.75) is 43.6 Å². The molecule has 7 nitrogen and oxygen atoms in total. The molecular weight excluding hydrogens is 444 g/mol. The minimum Gasteiger partial charge on any atom is -0.491 e. The fourth-order valence-electron chi connectivity index (χ4n) is 3.85. The summed E-state index contributed by atoms with van der Waals surface area (Å²) in [6, 6.07) is 4.88. The van der Waals surface area contributed by atoms with Gasteiger partial charge in [-0.15, -0.1) is 0 Å². The molecule has 0 spiro atoms. The normalized spacial score (nSPS) is 24.6. The number of alkyl halides is 4. The molecule has 3 unspecified atom stereocenters. The Morgan fingerprint density at radius 3 is 2.64 bits per heavy atom. The van der Waals surface area contributed by atoms with Crippen LogP contribution >= 0.6 is 0 Å². The Labute approximate surface area is 187 Å². The molecule has 2 aromatic heterocycles. The minimum atomic E-state index is -2.97. The van der Waals surface area contributed by atoms with E-state index in [0.29, 0.717) is 11.3 Å². The number of pyridine rings is 2. The summed E-state index contributed by atoms with van der Waals surface area (Å²) >= 11 is 0. The van der Waals surface area contributed by atoms with E-state index in [1.165, 1.54) is 36.7 Å². The van der Waals surface area contributed by atoms with Crippen LogP contribution in [0.2, 0.25) is 0 Å². The quantitative estimate of drug-likeness (QED) is 0.610. The molecule has 2 aliphatic rings. The standard InChI is InChI=1S/C22H24F4N4O3/c1-13(30-7-6-21(23,24)17(11-30)14-2-5-19(31)28-9-14)20(32)29-18-4-3-16(10-27-18)33-12-15-8-22(15,25)26/h2-5,9-10,13,15,17H,6-8,11-12H2,1H3,(H,28,31)(H,27,29,32). The smallest absolute Gasteiger partial charge is 0.257 e. The van der Waals surface area contributed by atoms with Crippen molar-refractivity contribution >= 4 is 11.7 Å². The number of aromatic nitrogens is 2. The predicted octanol–water partition coefficient (Wildman–Crippen LogP) is 3.26. The minimum absolute atomic E-state index is 0.0352. The number of carbonyl (C=O) groups is 1. The van der Waals surface area contributed by atoms with Gasteiger partial charge in [0.2, 0.25) is 11.5 Å². The predicted molar refractivity (Wildman–Crippen MR) is 112 cm³/mol. The van der Waals surface area contributed by atoms with Crippen molar-refractivity contribution in [2.75, 3.05) is 25.0 Å². The topological polar surface area (TPSA) is 87.3 Å². The SMILES string of the molecule is CC(C(=O)Nc1ccc(OCC2CC2(F)F)cn1)N1CCC(F)(F)C(c2ccc(=O)[nH]c2)C1. The number of H-pyrrole nitrogens is 1. The van der Waals surface area contributed by atoms with Gasteiger partial charge in [-0.1, -0.05) is 6.07 Å². The summed E-state index contributed by atoms with van der Waals surface area (Å²) in [4.78, 5) is 32.1. The summed E-state index contributed by atoms with van der Waals surface area (Å²) in [6.45, 7) is 1.50. The fourth-order valence-corrected chi connectivity index (χ4v) is 3.85. The van der Waals surface area contributed by atoms with Crippen LogP contribution in [0.4, 0.5) is 23.4 Å². The number of likely N-dealkylation sites (tertiary alicyclic amines) is 1. The molecule has 0 aromatic carbocycles. The van der Waals surface area contributed by atoms with E-state index in [9.17, 15) is 27.2 Å². The van der Waals surface area contributed by atoms with Gasteiger partial charge in [0.1, 0.15) is 11.6 Å². The van der Waals surface area contributed by atoms with Crippen molar-refractivity contribution < 1.29 is 27.1 Å². The number of piperidine rings is 1. The summed E-state index contributed by atoms with van der Waals surface area (Å²) in [5.41, 5.74) is -0.0741. The number of aromatic amines is 1. The van der Waals surface area contributed by atoms with Crippen LogP contribution in [0.25, 0.3) is 0 Å². The van der Waals surface area contributed by atoms with Gasteiger partial charge < -0.3 is 15.0 Å². The lowest BCUT2D eigenvalue weighted by Gasteiger charge is -2.40. The Morgan fingerprint density at radius 1 is 1.27 bits per heavy atom. The monoisotopic (exact) mass is 468 g/mol. The number of carbonyl (C=O) groups excluding carboxylic acids is 1. The van der Waals surface area contributed by atoms with Gasteiger partial charge in [-0.25, -0.2) is 22.5 Å². The Morgan fingerprint density at radius 2 is 2.03 bits per heavy atom. The molecule has 0 radical (unpaired) electrons. The van der Waals surface area contributed by atoms with Crippen molar-refractivity contribution in [3.8, 4) is 5.75 Å². The third-order valence-corrected chi connectivity index (χ3v) is 6.19. The summed E-state index contributed by atoms with van der Waals surface area (Å²) in [7, 11) is 0. The summed E-state index contributed by atoms with van der Waals surface area (Å²) in [5, 5.41) is 2.64. The lowest BCUT2D eigenvalue weighted by molar-refractivity contribution is -0.125. The maximum absolute atomic E-state index is 14.6. The molecule has 2 N–H and O–H groups in total. The number of ether oxygens (including phenoxy) is 1. The van der Waals surface area contributed by atoms with Crippen molar-refractivity contribution in [1.82, 2.24) is 14.9 Å². The zero-order valence-corrected chi connectivity index (χ0v) is 17.9. The second-order valence-corrected chi connectivity index (χ2v) is 8.56. The number of amides is 1. The van der Waals surface area contributed by atoms with Gasteiger partial charge >= 0.3 is 0 Å². The second kappa shape index (κ2) is 8.77. The number of rotatable bonds is 7. The molecule has 3 atom stereocenters. The van der Waals surface area contributed by atoms with Gasteiger partial charge in [0.25, 0.3) is 11.8 Å². The zero-order chi connectivity index (χ0) is 23.8. The molecular formula is C22H24F4N4O3. The molecule has 1 aliphatic heterocycles. The molecule has 178 valence electrons. The molecule has 4 rings (SSSR count). The van der Waals surface area contributed by atoms with Gasteiger partial charge in [-0.3, -0.25) is 14.5 Å². The van der Waals surface area contributed by atoms with E-state index in [1.54, 1.807) is 11.8 Å². The van der Waals surface area contributed by atoms with E-state index >= 15 is 0 Å². The Hall–Kier alpha value is -2.95. The molecule has 33 heavy (non-hydrogen) atoms. The number of hydrogen-bond acceptors (Lipinski definition) is 5. The van der Waals surface area contributed by atoms with Gasteiger partial charge in [0.15, 0.2) is 0 Å². The first-order valence-corrected chi connectivity index (χ1v) is 10.6. The first-order valence-electron chi connectivity index (χ1n) is 10.6. The highest BCUT2D eigenvalue weighted by atomic mass is 19.3. The van der Waals surface area contributed by atoms with E-state index < -0.39 is 42.1 Å². The van der Waals surface area contributed by atoms with Gasteiger partial charge in [-0.05, 0) is 24.6 Å². The Bertz CT molecular complexity index is 1040. The molecule has 2 fully saturated rings. The molecule has 1 saturated heterocycles. The molecule has 1 aliphatic carbocycles. The summed E-state index contributed by atoms with van der Waals surface area (Å²) in [5.74, 6) is -7.44. The zero-order valence-electron chi connectivity index (χ0n) is 17.9. The molecule has 11 heteroatoms. The highest BCUT2D eigenvalue weighted by Crippen LogP contribution is 2.48. The molecule has 0 bridgehead atoms. The average molecular weight is 468 g/mol. The highest BCUT2D eigenvalue weighted by Gasteiger charge is 2.57. The van der Waals surface area contributed by atoms with Crippen LogP contribution in [-0.2, 0) is 4.79 Å². The van der Waals surface area contributed by atoms with Crippen molar-refractivity contribution in [3.63, 3.8) is 0 Å². The summed E-state index contributed by atoms with van der Waals surface area (Å²) in [6.07, 6.45) is 2.01. The fraction of sp³-hybridized carbons (Fsp3) is 0.500. The molecule has 2 aromatic rings. The van der Waals surface area contributed by atoms with E-state index in [-0.39, 0.29) is 37.5 Å². The van der Waals surface area contributed by atoms with Crippen LogP contribution in [0.3, 0.4) is 0 Å². The lowest BCUT2D eigenvalue weighted by atomic mass is 9.87. The van der Waals surface area contributed by atoms with Gasteiger partial charge in [0, 0.05) is 38.2 Å². The number of nitrogens with one attached hydrogen (secondary N) is 2. The maximum Gasteiger partial charge on any atom is 0.257 e. The van der Waals surface area contributed by atoms with E-state index in [0.717, 1.165) is 0 Å². The van der Waals surface area contributed by atoms with Crippen molar-refractivity contribution in [2.24, 2.45) is 5.92 Å². The van der Waals surface area contributed by atoms with Crippen LogP contribution < -0.4 is 15.6 Å². The van der Waals surface area contributed by atoms with E-state index in [1.807, 2.05) is 0 Å². The van der Waals surface area contributed by atoms with Crippen LogP contribution in [0.1, 0.15) is 31.2 Å². The Balaban J connectivity index is 1.34. The number of halogens is 4. The van der Waals surface area contributed by atoms with Crippen molar-refractivity contribution in [3.05, 3.63) is 52.6 Å². The van der Waals surface area contributed by atoms with E-state index in [2.05, 4.69) is 15.3 Å². The first-order chi connectivity index (χ1) is 15.5. The van der Waals surface area contributed by atoms with Crippen LogP contribution in [0.5, 0.6) is 5.75 Å². The van der Waals surface area contributed by atoms with Crippen LogP contribution in [-0.4, -0.2) is 58.4 Å². The largest absolute Gasteiger partial charge is 0.491 e. The number of anilines is 1. The first kappa shape index (κ1) is 23.2. The molecule has 1 saturated carbocycles. The maximum atomic E-state index is 14.6. The third kappa shape index (κ3) is 5.35. The molecule has 3 heterocycles.